The Balaban J connectivity index is 2.09. The van der Waals surface area contributed by atoms with Crippen LogP contribution in [0.15, 0.2) is 30.5 Å². The Kier molecular flexibility index (Phi) is 5.30. The van der Waals surface area contributed by atoms with Gasteiger partial charge in [0.2, 0.25) is 0 Å². The molecule has 0 atom stereocenters. The van der Waals surface area contributed by atoms with Crippen LogP contribution in [0.2, 0.25) is 0 Å². The van der Waals surface area contributed by atoms with Crippen LogP contribution in [0.4, 0.5) is 4.39 Å². The maximum Gasteiger partial charge on any atom is 0.123 e. The van der Waals surface area contributed by atoms with Crippen LogP contribution in [0.3, 0.4) is 0 Å². The monoisotopic (exact) mass is 275 g/mol. The second kappa shape index (κ2) is 7.20. The molecule has 0 amide bonds. The van der Waals surface area contributed by atoms with Gasteiger partial charge < -0.3 is 5.32 Å². The molecule has 2 rings (SSSR count). The highest BCUT2D eigenvalue weighted by atomic mass is 19.1. The fraction of sp³-hybridized carbons (Fsp3) is 0.438. The lowest BCUT2D eigenvalue weighted by Gasteiger charge is -2.09. The lowest BCUT2D eigenvalue weighted by Crippen LogP contribution is -2.15. The van der Waals surface area contributed by atoms with Crippen LogP contribution < -0.4 is 5.32 Å². The highest BCUT2D eigenvalue weighted by Crippen LogP contribution is 2.12. The summed E-state index contributed by atoms with van der Waals surface area (Å²) < 4.78 is 14.9. The average molecular weight is 275 g/mol. The van der Waals surface area contributed by atoms with Crippen LogP contribution in [0.1, 0.15) is 37.1 Å². The summed E-state index contributed by atoms with van der Waals surface area (Å²) in [6.45, 7) is 6.87. The third-order valence-corrected chi connectivity index (χ3v) is 3.36. The fourth-order valence-electron chi connectivity index (χ4n) is 2.31. The number of benzene rings is 1. The van der Waals surface area contributed by atoms with Crippen molar-refractivity contribution in [1.29, 1.82) is 0 Å². The van der Waals surface area contributed by atoms with Gasteiger partial charge in [-0.1, -0.05) is 26.0 Å². The van der Waals surface area contributed by atoms with E-state index in [2.05, 4.69) is 24.3 Å². The van der Waals surface area contributed by atoms with Crippen molar-refractivity contribution in [2.75, 3.05) is 6.54 Å². The Hall–Kier alpha value is -1.68. The predicted molar refractivity (Wildman–Crippen MR) is 79.1 cm³/mol. The third-order valence-electron chi connectivity index (χ3n) is 3.36. The molecule has 1 aromatic carbocycles. The maximum atomic E-state index is 12.9. The van der Waals surface area contributed by atoms with Crippen LogP contribution in [-0.2, 0) is 19.5 Å². The van der Waals surface area contributed by atoms with Gasteiger partial charge in [-0.15, -0.1) is 0 Å². The number of nitrogens with zero attached hydrogens (tertiary/aromatic N) is 2. The molecule has 0 spiro atoms. The van der Waals surface area contributed by atoms with E-state index in [9.17, 15) is 4.39 Å². The molecule has 0 radical (unpaired) electrons. The Morgan fingerprint density at radius 3 is 2.60 bits per heavy atom. The fourth-order valence-corrected chi connectivity index (χ4v) is 2.31. The topological polar surface area (TPSA) is 29.9 Å². The highest BCUT2D eigenvalue weighted by molar-refractivity contribution is 5.21. The average Bonchev–Trinajstić information content (AvgIpc) is 2.84. The molecule has 4 heteroatoms. The van der Waals surface area contributed by atoms with Crippen LogP contribution in [0, 0.1) is 5.82 Å². The number of aromatic nitrogens is 2. The Labute approximate surface area is 119 Å². The molecule has 0 saturated carbocycles. The number of nitrogens with one attached hydrogen (secondary N) is 1. The molecule has 0 bridgehead atoms. The molecule has 0 unspecified atom stereocenters. The third kappa shape index (κ3) is 3.67. The van der Waals surface area contributed by atoms with Crippen LogP contribution >= 0.6 is 0 Å². The Morgan fingerprint density at radius 2 is 1.95 bits per heavy atom. The molecule has 0 aliphatic rings. The van der Waals surface area contributed by atoms with Gasteiger partial charge in [0.15, 0.2) is 0 Å². The van der Waals surface area contributed by atoms with Gasteiger partial charge in [0.1, 0.15) is 5.82 Å². The van der Waals surface area contributed by atoms with E-state index >= 15 is 0 Å². The van der Waals surface area contributed by atoms with E-state index in [-0.39, 0.29) is 5.82 Å². The zero-order valence-electron chi connectivity index (χ0n) is 12.2. The smallest absolute Gasteiger partial charge is 0.123 e. The lowest BCUT2D eigenvalue weighted by atomic mass is 10.2. The standard InChI is InChI=1S/C16H22FN3/c1-3-9-18-10-14-11-19-20(16(14)4-2)12-13-5-7-15(17)8-6-13/h5-8,11,18H,3-4,9-10,12H2,1-2H3. The molecule has 2 aromatic rings. The zero-order valence-corrected chi connectivity index (χ0v) is 12.2. The van der Waals surface area contributed by atoms with Crippen LogP contribution in [0.5, 0.6) is 0 Å². The first kappa shape index (κ1) is 14.7. The van der Waals surface area contributed by atoms with Gasteiger partial charge in [0, 0.05) is 17.8 Å². The van der Waals surface area contributed by atoms with Crippen molar-refractivity contribution < 1.29 is 4.39 Å². The second-order valence-corrected chi connectivity index (χ2v) is 4.93. The number of hydrogen-bond donors (Lipinski definition) is 1. The predicted octanol–water partition coefficient (Wildman–Crippen LogP) is 3.13. The molecule has 108 valence electrons. The number of halogens is 1. The molecule has 1 N–H and O–H groups in total. The normalized spacial score (nSPS) is 10.9. The van der Waals surface area contributed by atoms with Crippen LogP contribution in [0.25, 0.3) is 0 Å². The first-order valence-electron chi connectivity index (χ1n) is 7.23. The van der Waals surface area contributed by atoms with Crippen molar-refractivity contribution in [3.05, 3.63) is 53.1 Å². The highest BCUT2D eigenvalue weighted by Gasteiger charge is 2.09. The molecule has 0 fully saturated rings. The van der Waals surface area contributed by atoms with Gasteiger partial charge in [-0.3, -0.25) is 4.68 Å². The Bertz CT molecular complexity index is 531. The first-order chi connectivity index (χ1) is 9.74. The molecule has 0 saturated heterocycles. The van der Waals surface area contributed by atoms with E-state index in [1.54, 1.807) is 0 Å². The van der Waals surface area contributed by atoms with E-state index in [1.807, 2.05) is 23.0 Å². The summed E-state index contributed by atoms with van der Waals surface area (Å²) >= 11 is 0. The summed E-state index contributed by atoms with van der Waals surface area (Å²) in [6, 6.07) is 6.61. The largest absolute Gasteiger partial charge is 0.313 e. The Morgan fingerprint density at radius 1 is 1.20 bits per heavy atom. The van der Waals surface area contributed by atoms with Crippen molar-refractivity contribution in [1.82, 2.24) is 15.1 Å². The summed E-state index contributed by atoms with van der Waals surface area (Å²) in [6.07, 6.45) is 4.01. The quantitative estimate of drug-likeness (QED) is 0.787. The summed E-state index contributed by atoms with van der Waals surface area (Å²) in [5.74, 6) is -0.200. The molecule has 1 heterocycles. The van der Waals surface area contributed by atoms with Gasteiger partial charge >= 0.3 is 0 Å². The summed E-state index contributed by atoms with van der Waals surface area (Å²) in [7, 11) is 0. The molecule has 20 heavy (non-hydrogen) atoms. The SMILES string of the molecule is CCCNCc1cnn(Cc2ccc(F)cc2)c1CC. The van der Waals surface area contributed by atoms with Gasteiger partial charge in [-0.05, 0) is 37.1 Å². The first-order valence-corrected chi connectivity index (χ1v) is 7.23. The van der Waals surface area contributed by atoms with E-state index in [0.29, 0.717) is 6.54 Å². The molecule has 1 aromatic heterocycles. The van der Waals surface area contributed by atoms with Crippen molar-refractivity contribution in [2.45, 2.75) is 39.8 Å². The summed E-state index contributed by atoms with van der Waals surface area (Å²) in [5.41, 5.74) is 3.57. The van der Waals surface area contributed by atoms with Crippen molar-refractivity contribution in [3.63, 3.8) is 0 Å². The zero-order chi connectivity index (χ0) is 14.4. The van der Waals surface area contributed by atoms with E-state index in [0.717, 1.165) is 31.5 Å². The van der Waals surface area contributed by atoms with Crippen molar-refractivity contribution >= 4 is 0 Å². The minimum atomic E-state index is -0.200. The summed E-state index contributed by atoms with van der Waals surface area (Å²) in [5, 5.41) is 7.87. The molecular weight excluding hydrogens is 253 g/mol. The lowest BCUT2D eigenvalue weighted by molar-refractivity contribution is 0.619. The molecule has 0 aliphatic carbocycles. The van der Waals surface area contributed by atoms with Crippen molar-refractivity contribution in [2.24, 2.45) is 0 Å². The van der Waals surface area contributed by atoms with E-state index in [4.69, 9.17) is 0 Å². The van der Waals surface area contributed by atoms with Crippen molar-refractivity contribution in [3.8, 4) is 0 Å². The van der Waals surface area contributed by atoms with E-state index in [1.165, 1.54) is 23.4 Å². The minimum Gasteiger partial charge on any atom is -0.313 e. The maximum absolute atomic E-state index is 12.9. The minimum absolute atomic E-state index is 0.200. The second-order valence-electron chi connectivity index (χ2n) is 4.93. The van der Waals surface area contributed by atoms with Gasteiger partial charge in [-0.25, -0.2) is 4.39 Å². The van der Waals surface area contributed by atoms with Crippen LogP contribution in [-0.4, -0.2) is 16.3 Å². The van der Waals surface area contributed by atoms with E-state index < -0.39 is 0 Å². The van der Waals surface area contributed by atoms with Gasteiger partial charge in [0.05, 0.1) is 12.7 Å². The number of rotatable bonds is 7. The molecule has 0 aliphatic heterocycles. The molecule has 3 nitrogen and oxygen atoms in total. The van der Waals surface area contributed by atoms with Gasteiger partial charge in [0.25, 0.3) is 0 Å². The summed E-state index contributed by atoms with van der Waals surface area (Å²) in [4.78, 5) is 0. The number of hydrogen-bond acceptors (Lipinski definition) is 2. The molecular formula is C16H22FN3. The van der Waals surface area contributed by atoms with Gasteiger partial charge in [-0.2, -0.15) is 5.10 Å².